The first-order valence-corrected chi connectivity index (χ1v) is 8.42. The van der Waals surface area contributed by atoms with Crippen LogP contribution in [0.15, 0.2) is 77.6 Å². The topological polar surface area (TPSA) is 57.9 Å². The molecule has 0 fully saturated rings. The van der Waals surface area contributed by atoms with Crippen LogP contribution in [-0.4, -0.2) is 5.78 Å². The SMILES string of the molecule is N#CC1(c2ccc(Cl)ccc2=O)c2ccccc2C(=O)c2ccccc21. The summed E-state index contributed by atoms with van der Waals surface area (Å²) in [5.74, 6) is -0.145. The predicted octanol–water partition coefficient (Wildman–Crippen LogP) is 4.10. The minimum Gasteiger partial charge on any atom is -0.290 e. The van der Waals surface area contributed by atoms with Gasteiger partial charge >= 0.3 is 0 Å². The van der Waals surface area contributed by atoms with E-state index in [0.717, 1.165) is 0 Å². The van der Waals surface area contributed by atoms with Crippen molar-refractivity contribution in [3.05, 3.63) is 116 Å². The van der Waals surface area contributed by atoms with Gasteiger partial charge in [0.25, 0.3) is 0 Å². The zero-order chi connectivity index (χ0) is 18.3. The van der Waals surface area contributed by atoms with Crippen LogP contribution in [0, 0.1) is 11.3 Å². The van der Waals surface area contributed by atoms with Crippen LogP contribution >= 0.6 is 11.6 Å². The molecule has 3 aromatic rings. The number of carbonyl (C=O) groups excluding carboxylic acids is 1. The molecule has 0 unspecified atom stereocenters. The fraction of sp³-hybridized carbons (Fsp3) is 0.0455. The molecule has 3 nitrogen and oxygen atoms in total. The van der Waals surface area contributed by atoms with Crippen LogP contribution in [0.3, 0.4) is 0 Å². The van der Waals surface area contributed by atoms with Crippen molar-refractivity contribution in [1.29, 1.82) is 5.26 Å². The third-order valence-corrected chi connectivity index (χ3v) is 5.04. The van der Waals surface area contributed by atoms with Crippen molar-refractivity contribution < 1.29 is 4.79 Å². The van der Waals surface area contributed by atoms with Crippen molar-refractivity contribution in [1.82, 2.24) is 0 Å². The Morgan fingerprint density at radius 1 is 0.731 bits per heavy atom. The lowest BCUT2D eigenvalue weighted by Crippen LogP contribution is -2.38. The Morgan fingerprint density at radius 2 is 1.27 bits per heavy atom. The fourth-order valence-electron chi connectivity index (χ4n) is 3.63. The molecule has 1 aliphatic rings. The molecule has 3 aromatic carbocycles. The number of halogens is 1. The molecule has 1 aliphatic carbocycles. The highest BCUT2D eigenvalue weighted by Gasteiger charge is 2.46. The third-order valence-electron chi connectivity index (χ3n) is 4.79. The van der Waals surface area contributed by atoms with E-state index in [0.29, 0.717) is 27.3 Å². The van der Waals surface area contributed by atoms with E-state index in [4.69, 9.17) is 11.6 Å². The third kappa shape index (κ3) is 2.13. The molecule has 0 spiro atoms. The van der Waals surface area contributed by atoms with Gasteiger partial charge in [-0.1, -0.05) is 66.2 Å². The molecule has 0 N–H and O–H groups in total. The second-order valence-corrected chi connectivity index (χ2v) is 6.55. The summed E-state index contributed by atoms with van der Waals surface area (Å²) in [4.78, 5) is 25.8. The molecular formula is C22H12ClNO2. The average molecular weight is 358 g/mol. The number of hydrogen-bond donors (Lipinski definition) is 0. The summed E-state index contributed by atoms with van der Waals surface area (Å²) < 4.78 is 0. The van der Waals surface area contributed by atoms with Gasteiger partial charge in [0, 0.05) is 21.7 Å². The van der Waals surface area contributed by atoms with E-state index in [1.54, 1.807) is 60.7 Å². The zero-order valence-electron chi connectivity index (χ0n) is 13.6. The van der Waals surface area contributed by atoms with Crippen molar-refractivity contribution in [2.75, 3.05) is 0 Å². The Hall–Kier alpha value is -3.22. The number of hydrogen-bond acceptors (Lipinski definition) is 3. The lowest BCUT2D eigenvalue weighted by molar-refractivity contribution is 0.103. The van der Waals surface area contributed by atoms with E-state index in [-0.39, 0.29) is 16.8 Å². The molecule has 4 heteroatoms. The van der Waals surface area contributed by atoms with Gasteiger partial charge in [0.05, 0.1) is 6.07 Å². The van der Waals surface area contributed by atoms with Crippen LogP contribution in [0.4, 0.5) is 0 Å². The quantitative estimate of drug-likeness (QED) is 0.658. The van der Waals surface area contributed by atoms with Gasteiger partial charge in [-0.2, -0.15) is 5.26 Å². The van der Waals surface area contributed by atoms with Crippen LogP contribution in [0.25, 0.3) is 0 Å². The van der Waals surface area contributed by atoms with E-state index >= 15 is 0 Å². The van der Waals surface area contributed by atoms with Gasteiger partial charge in [-0.25, -0.2) is 0 Å². The first kappa shape index (κ1) is 16.3. The summed E-state index contributed by atoms with van der Waals surface area (Å²) in [5, 5.41) is 10.7. The minimum absolute atomic E-state index is 0.145. The maximum atomic E-state index is 12.9. The highest BCUT2D eigenvalue weighted by molar-refractivity contribution is 6.30. The Labute approximate surface area is 155 Å². The molecule has 0 radical (unpaired) electrons. The Kier molecular flexibility index (Phi) is 3.72. The Bertz CT molecular complexity index is 1110. The normalized spacial score (nSPS) is 14.1. The van der Waals surface area contributed by atoms with Crippen LogP contribution in [-0.2, 0) is 5.41 Å². The number of nitriles is 1. The van der Waals surface area contributed by atoms with Gasteiger partial charge in [0.15, 0.2) is 11.2 Å². The summed E-state index contributed by atoms with van der Waals surface area (Å²) >= 11 is 6.04. The minimum atomic E-state index is -1.37. The zero-order valence-corrected chi connectivity index (χ0v) is 14.3. The summed E-state index contributed by atoms with van der Waals surface area (Å²) in [6.45, 7) is 0. The number of fused-ring (bicyclic) bond motifs is 2. The highest BCUT2D eigenvalue weighted by atomic mass is 35.5. The molecule has 0 aromatic heterocycles. The van der Waals surface area contributed by atoms with E-state index in [2.05, 4.69) is 6.07 Å². The first-order valence-electron chi connectivity index (χ1n) is 8.05. The van der Waals surface area contributed by atoms with Crippen molar-refractivity contribution in [2.24, 2.45) is 0 Å². The molecular weight excluding hydrogens is 346 g/mol. The standard InChI is InChI=1S/C22H12ClNO2/c23-14-9-11-19(20(25)12-10-14)22(13-24)17-7-3-1-5-15(17)21(26)16-6-2-4-8-18(16)22/h1-12H. The second kappa shape index (κ2) is 5.94. The molecule has 0 atom stereocenters. The molecule has 0 amide bonds. The van der Waals surface area contributed by atoms with Crippen molar-refractivity contribution in [3.63, 3.8) is 0 Å². The lowest BCUT2D eigenvalue weighted by atomic mass is 9.63. The molecule has 0 heterocycles. The smallest absolute Gasteiger partial charge is 0.193 e. The highest BCUT2D eigenvalue weighted by Crippen LogP contribution is 2.44. The average Bonchev–Trinajstić information content (AvgIpc) is 2.85. The van der Waals surface area contributed by atoms with E-state index in [1.165, 1.54) is 12.1 Å². The van der Waals surface area contributed by atoms with Crippen LogP contribution < -0.4 is 5.43 Å². The van der Waals surface area contributed by atoms with Gasteiger partial charge in [-0.15, -0.1) is 0 Å². The fourth-order valence-corrected chi connectivity index (χ4v) is 3.76. The number of rotatable bonds is 1. The molecule has 0 aliphatic heterocycles. The van der Waals surface area contributed by atoms with Crippen LogP contribution in [0.5, 0.6) is 0 Å². The van der Waals surface area contributed by atoms with Crippen LogP contribution in [0.2, 0.25) is 5.02 Å². The van der Waals surface area contributed by atoms with Gasteiger partial charge in [-0.05, 0) is 29.3 Å². The van der Waals surface area contributed by atoms with E-state index in [1.807, 2.05) is 0 Å². The maximum Gasteiger partial charge on any atom is 0.193 e. The van der Waals surface area contributed by atoms with Crippen molar-refractivity contribution in [2.45, 2.75) is 5.41 Å². The lowest BCUT2D eigenvalue weighted by Gasteiger charge is -2.34. The van der Waals surface area contributed by atoms with Gasteiger partial charge in [0.1, 0.15) is 5.41 Å². The largest absolute Gasteiger partial charge is 0.290 e. The molecule has 4 rings (SSSR count). The van der Waals surface area contributed by atoms with Gasteiger partial charge < -0.3 is 0 Å². The van der Waals surface area contributed by atoms with Crippen molar-refractivity contribution in [3.8, 4) is 6.07 Å². The number of ketones is 1. The van der Waals surface area contributed by atoms with E-state index < -0.39 is 5.41 Å². The summed E-state index contributed by atoms with van der Waals surface area (Å²) in [6.07, 6.45) is 0. The number of nitrogens with zero attached hydrogens (tertiary/aromatic N) is 1. The summed E-state index contributed by atoms with van der Waals surface area (Å²) in [6, 6.07) is 22.3. The van der Waals surface area contributed by atoms with Gasteiger partial charge in [-0.3, -0.25) is 9.59 Å². The monoisotopic (exact) mass is 357 g/mol. The van der Waals surface area contributed by atoms with E-state index in [9.17, 15) is 14.9 Å². The molecule has 0 saturated carbocycles. The first-order chi connectivity index (χ1) is 12.6. The van der Waals surface area contributed by atoms with Gasteiger partial charge in [0.2, 0.25) is 0 Å². The van der Waals surface area contributed by atoms with Crippen LogP contribution in [0.1, 0.15) is 32.6 Å². The predicted molar refractivity (Wildman–Crippen MR) is 99.5 cm³/mol. The Balaban J connectivity index is 2.22. The molecule has 26 heavy (non-hydrogen) atoms. The molecule has 0 bridgehead atoms. The maximum absolute atomic E-state index is 12.9. The second-order valence-electron chi connectivity index (χ2n) is 6.11. The molecule has 0 saturated heterocycles. The molecule has 124 valence electrons. The number of carbonyl (C=O) groups is 1. The number of benzene rings is 2. The summed E-state index contributed by atoms with van der Waals surface area (Å²) in [7, 11) is 0. The summed E-state index contributed by atoms with van der Waals surface area (Å²) in [5.41, 5.74) is 0.503. The van der Waals surface area contributed by atoms with Crippen molar-refractivity contribution >= 4 is 17.4 Å². The Morgan fingerprint density at radius 3 is 1.85 bits per heavy atom.